The highest BCUT2D eigenvalue weighted by atomic mass is 16.2. The number of anilines is 1. The average Bonchev–Trinajstić information content (AvgIpc) is 2.67. The van der Waals surface area contributed by atoms with Gasteiger partial charge in [0.1, 0.15) is 0 Å². The first kappa shape index (κ1) is 18.1. The monoisotopic (exact) mass is 351 g/mol. The summed E-state index contributed by atoms with van der Waals surface area (Å²) in [6, 6.07) is 11.7. The molecule has 1 aliphatic heterocycles. The number of aromatic nitrogens is 1. The van der Waals surface area contributed by atoms with E-state index in [0.29, 0.717) is 18.2 Å². The van der Waals surface area contributed by atoms with Gasteiger partial charge in [-0.15, -0.1) is 0 Å². The quantitative estimate of drug-likeness (QED) is 0.857. The van der Waals surface area contributed by atoms with Gasteiger partial charge in [-0.3, -0.25) is 14.6 Å². The van der Waals surface area contributed by atoms with Crippen LogP contribution in [0.2, 0.25) is 0 Å². The number of likely N-dealkylation sites (tertiary alicyclic amines) is 1. The van der Waals surface area contributed by atoms with Crippen molar-refractivity contribution >= 4 is 17.5 Å². The maximum absolute atomic E-state index is 12.9. The van der Waals surface area contributed by atoms with Gasteiger partial charge >= 0.3 is 11.8 Å². The second kappa shape index (κ2) is 8.13. The molecule has 26 heavy (non-hydrogen) atoms. The number of hydrogen-bond acceptors (Lipinski definition) is 3. The van der Waals surface area contributed by atoms with Gasteiger partial charge in [0.15, 0.2) is 0 Å². The molecular weight excluding hydrogens is 326 g/mol. The summed E-state index contributed by atoms with van der Waals surface area (Å²) in [7, 11) is 0. The molecular formula is C21H25N3O2. The Labute approximate surface area is 154 Å². The van der Waals surface area contributed by atoms with Crippen LogP contribution in [0.4, 0.5) is 5.69 Å². The van der Waals surface area contributed by atoms with Crippen LogP contribution in [-0.4, -0.2) is 28.2 Å². The second-order valence-corrected chi connectivity index (χ2v) is 6.94. The second-order valence-electron chi connectivity index (χ2n) is 6.94. The molecule has 5 nitrogen and oxygen atoms in total. The molecule has 0 aliphatic carbocycles. The van der Waals surface area contributed by atoms with E-state index < -0.39 is 11.8 Å². The zero-order valence-electron chi connectivity index (χ0n) is 15.3. The van der Waals surface area contributed by atoms with Gasteiger partial charge in [0.25, 0.3) is 0 Å². The average molecular weight is 351 g/mol. The number of hydrogen-bond donors (Lipinski definition) is 1. The highest BCUT2D eigenvalue weighted by Gasteiger charge is 2.34. The van der Waals surface area contributed by atoms with E-state index in [2.05, 4.69) is 17.2 Å². The third-order valence-corrected chi connectivity index (χ3v) is 5.03. The van der Waals surface area contributed by atoms with Crippen molar-refractivity contribution in [3.05, 3.63) is 59.9 Å². The van der Waals surface area contributed by atoms with Gasteiger partial charge in [-0.05, 0) is 42.9 Å². The molecule has 2 atom stereocenters. The Hall–Kier alpha value is -2.69. The van der Waals surface area contributed by atoms with Gasteiger partial charge in [-0.2, -0.15) is 0 Å². The first-order chi connectivity index (χ1) is 12.6. The summed E-state index contributed by atoms with van der Waals surface area (Å²) in [5.74, 6) is -0.638. The van der Waals surface area contributed by atoms with Gasteiger partial charge in [-0.1, -0.05) is 43.7 Å². The van der Waals surface area contributed by atoms with E-state index in [9.17, 15) is 9.59 Å². The number of benzene rings is 1. The highest BCUT2D eigenvalue weighted by Crippen LogP contribution is 2.34. The number of rotatable bonds is 3. The Morgan fingerprint density at radius 3 is 2.65 bits per heavy atom. The Morgan fingerprint density at radius 1 is 1.19 bits per heavy atom. The molecule has 0 saturated carbocycles. The van der Waals surface area contributed by atoms with E-state index in [1.54, 1.807) is 23.4 Å². The number of piperidine rings is 1. The standard InChI is InChI=1S/C21H25N3O2/c1-3-16-9-10-19(17-7-5-4-6-8-17)24(14-16)21(26)20(25)23-18-11-15(2)12-22-13-18/h4-8,11-13,16,19H,3,9-10,14H2,1-2H3,(H,23,25)/t16-,19+/m1/s1. The lowest BCUT2D eigenvalue weighted by Gasteiger charge is -2.39. The molecule has 2 amide bonds. The predicted octanol–water partition coefficient (Wildman–Crippen LogP) is 3.72. The van der Waals surface area contributed by atoms with E-state index in [1.807, 2.05) is 37.3 Å². The fourth-order valence-electron chi connectivity index (χ4n) is 3.56. The van der Waals surface area contributed by atoms with E-state index in [0.717, 1.165) is 30.4 Å². The van der Waals surface area contributed by atoms with Gasteiger partial charge < -0.3 is 10.2 Å². The third kappa shape index (κ3) is 4.10. The minimum atomic E-state index is -0.602. The lowest BCUT2D eigenvalue weighted by molar-refractivity contribution is -0.146. The number of carbonyl (C=O) groups is 2. The van der Waals surface area contributed by atoms with Crippen LogP contribution < -0.4 is 5.32 Å². The smallest absolute Gasteiger partial charge is 0.313 e. The molecule has 1 N–H and O–H groups in total. The van der Waals surface area contributed by atoms with Crippen LogP contribution >= 0.6 is 0 Å². The van der Waals surface area contributed by atoms with Gasteiger partial charge in [0.05, 0.1) is 17.9 Å². The highest BCUT2D eigenvalue weighted by molar-refractivity contribution is 6.39. The molecule has 1 aromatic carbocycles. The topological polar surface area (TPSA) is 62.3 Å². The molecule has 1 aliphatic rings. The zero-order valence-corrected chi connectivity index (χ0v) is 15.3. The maximum Gasteiger partial charge on any atom is 0.313 e. The number of nitrogens with zero attached hydrogens (tertiary/aromatic N) is 2. The zero-order chi connectivity index (χ0) is 18.5. The lowest BCUT2D eigenvalue weighted by atomic mass is 9.87. The number of carbonyl (C=O) groups excluding carboxylic acids is 2. The number of pyridine rings is 1. The van der Waals surface area contributed by atoms with Crippen molar-refractivity contribution in [2.24, 2.45) is 5.92 Å². The molecule has 1 aromatic heterocycles. The van der Waals surface area contributed by atoms with E-state index in [-0.39, 0.29) is 6.04 Å². The van der Waals surface area contributed by atoms with Gasteiger partial charge in [-0.25, -0.2) is 0 Å². The Kier molecular flexibility index (Phi) is 5.66. The summed E-state index contributed by atoms with van der Waals surface area (Å²) in [4.78, 5) is 31.3. The fraction of sp³-hybridized carbons (Fsp3) is 0.381. The predicted molar refractivity (Wildman–Crippen MR) is 102 cm³/mol. The van der Waals surface area contributed by atoms with Crippen LogP contribution in [0.3, 0.4) is 0 Å². The first-order valence-electron chi connectivity index (χ1n) is 9.17. The summed E-state index contributed by atoms with van der Waals surface area (Å²) >= 11 is 0. The summed E-state index contributed by atoms with van der Waals surface area (Å²) < 4.78 is 0. The fourth-order valence-corrected chi connectivity index (χ4v) is 3.56. The lowest BCUT2D eigenvalue weighted by Crippen LogP contribution is -2.46. The van der Waals surface area contributed by atoms with Crippen LogP contribution in [0.25, 0.3) is 0 Å². The van der Waals surface area contributed by atoms with Gasteiger partial charge in [0.2, 0.25) is 0 Å². The molecule has 0 unspecified atom stereocenters. The van der Waals surface area contributed by atoms with Crippen molar-refractivity contribution in [2.75, 3.05) is 11.9 Å². The molecule has 1 fully saturated rings. The molecule has 0 bridgehead atoms. The molecule has 2 aromatic rings. The first-order valence-corrected chi connectivity index (χ1v) is 9.17. The van der Waals surface area contributed by atoms with Crippen LogP contribution in [-0.2, 0) is 9.59 Å². The molecule has 5 heteroatoms. The summed E-state index contributed by atoms with van der Waals surface area (Å²) in [6.07, 6.45) is 6.23. The van der Waals surface area contributed by atoms with Crippen LogP contribution in [0, 0.1) is 12.8 Å². The van der Waals surface area contributed by atoms with Gasteiger partial charge in [0, 0.05) is 12.7 Å². The Bertz CT molecular complexity index is 776. The maximum atomic E-state index is 12.9. The van der Waals surface area contributed by atoms with Crippen molar-refractivity contribution < 1.29 is 9.59 Å². The SMILES string of the molecule is CC[C@@H]1CC[C@@H](c2ccccc2)N(C(=O)C(=O)Nc2cncc(C)c2)C1. The largest absolute Gasteiger partial charge is 0.327 e. The van der Waals surface area contributed by atoms with Crippen LogP contribution in [0.5, 0.6) is 0 Å². The third-order valence-electron chi connectivity index (χ3n) is 5.03. The van der Waals surface area contributed by atoms with Crippen molar-refractivity contribution in [1.29, 1.82) is 0 Å². The van der Waals surface area contributed by atoms with Crippen LogP contribution in [0.1, 0.15) is 43.4 Å². The number of amides is 2. The normalized spacial score (nSPS) is 19.8. The van der Waals surface area contributed by atoms with Crippen molar-refractivity contribution in [3.63, 3.8) is 0 Å². The summed E-state index contributed by atoms with van der Waals surface area (Å²) in [5, 5.41) is 2.69. The van der Waals surface area contributed by atoms with E-state index >= 15 is 0 Å². The molecule has 2 heterocycles. The molecule has 0 spiro atoms. The molecule has 3 rings (SSSR count). The van der Waals surface area contributed by atoms with Crippen molar-refractivity contribution in [1.82, 2.24) is 9.88 Å². The van der Waals surface area contributed by atoms with Crippen LogP contribution in [0.15, 0.2) is 48.8 Å². The summed E-state index contributed by atoms with van der Waals surface area (Å²) in [6.45, 7) is 4.65. The molecule has 0 radical (unpaired) electrons. The minimum Gasteiger partial charge on any atom is -0.327 e. The van der Waals surface area contributed by atoms with Crippen molar-refractivity contribution in [3.8, 4) is 0 Å². The Morgan fingerprint density at radius 2 is 1.96 bits per heavy atom. The minimum absolute atomic E-state index is 0.0483. The summed E-state index contributed by atoms with van der Waals surface area (Å²) in [5.41, 5.74) is 2.56. The molecule has 136 valence electrons. The van der Waals surface area contributed by atoms with Crippen molar-refractivity contribution in [2.45, 2.75) is 39.2 Å². The van der Waals surface area contributed by atoms with E-state index in [4.69, 9.17) is 0 Å². The Balaban J connectivity index is 1.79. The number of nitrogens with one attached hydrogen (secondary N) is 1. The van der Waals surface area contributed by atoms with E-state index in [1.165, 1.54) is 0 Å². The molecule has 1 saturated heterocycles. The number of aryl methyl sites for hydroxylation is 1.